The number of carbonyl (C=O) groups is 4. The van der Waals surface area contributed by atoms with Crippen molar-refractivity contribution in [2.75, 3.05) is 20.3 Å². The summed E-state index contributed by atoms with van der Waals surface area (Å²) in [7, 11) is 1.21. The standard InChI is InChI=1S/C33H38O11/c1-12(28(38)41-5)23-24-26-31(4,27(37)25(23)36)20-8-21(20)32(26,44-40)9-22-30(3)17-6-14(17)16(11-42-13(2)35)18(30)7-19-15(10-34)29(39)43-33(19,22)24/h14,16-18,20-22,27,34,37,40H,6-11H2,1-5H3/b23-12-/t14-,16-,17-,18+,20-,21+,22+,27+,30+,31+,32+,33+/m1/s1. The zero-order valence-corrected chi connectivity index (χ0v) is 25.5. The minimum atomic E-state index is -1.53. The summed E-state index contributed by atoms with van der Waals surface area (Å²) < 4.78 is 17.1. The second-order valence-corrected chi connectivity index (χ2v) is 14.9. The minimum Gasteiger partial charge on any atom is -0.466 e. The Labute approximate surface area is 254 Å². The number of methoxy groups -OCH3 is 1. The van der Waals surface area contributed by atoms with Crippen LogP contribution in [0.15, 0.2) is 33.4 Å². The number of rotatable bonds is 5. The molecule has 0 unspecified atom stereocenters. The number of aliphatic hydroxyl groups is 2. The molecule has 44 heavy (non-hydrogen) atoms. The first-order valence-corrected chi connectivity index (χ1v) is 15.6. The van der Waals surface area contributed by atoms with Crippen molar-refractivity contribution in [3.05, 3.63) is 33.4 Å². The van der Waals surface area contributed by atoms with Crippen molar-refractivity contribution in [2.45, 2.75) is 70.7 Å². The first kappa shape index (κ1) is 28.6. The van der Waals surface area contributed by atoms with E-state index in [1.165, 1.54) is 21.0 Å². The number of carbonyl (C=O) groups excluding carboxylic acids is 4. The lowest BCUT2D eigenvalue weighted by atomic mass is 9.43. The van der Waals surface area contributed by atoms with Gasteiger partial charge in [-0.25, -0.2) is 14.5 Å². The highest BCUT2D eigenvalue weighted by Crippen LogP contribution is 2.83. The number of ether oxygens (including phenoxy) is 3. The monoisotopic (exact) mass is 610 g/mol. The Bertz CT molecular complexity index is 1570. The molecule has 0 bridgehead atoms. The van der Waals surface area contributed by atoms with Crippen LogP contribution in [0.4, 0.5) is 0 Å². The summed E-state index contributed by atoms with van der Waals surface area (Å²) >= 11 is 0. The average Bonchev–Trinajstić information content (AvgIpc) is 3.90. The van der Waals surface area contributed by atoms with Crippen molar-refractivity contribution in [3.8, 4) is 0 Å². The molecular weight excluding hydrogens is 572 g/mol. The molecule has 8 rings (SSSR count). The van der Waals surface area contributed by atoms with E-state index >= 15 is 0 Å². The second-order valence-electron chi connectivity index (χ2n) is 14.9. The molecule has 0 aromatic carbocycles. The molecule has 1 spiro atoms. The number of Topliss-reactive ketones (excluding diaryl/α,β-unsaturated/α-hetero) is 1. The Kier molecular flexibility index (Phi) is 5.51. The van der Waals surface area contributed by atoms with E-state index in [9.17, 15) is 34.6 Å². The van der Waals surface area contributed by atoms with Gasteiger partial charge in [0.05, 0.1) is 25.9 Å². The van der Waals surface area contributed by atoms with Gasteiger partial charge >= 0.3 is 17.9 Å². The zero-order valence-electron chi connectivity index (χ0n) is 25.5. The van der Waals surface area contributed by atoms with Gasteiger partial charge in [-0.3, -0.25) is 14.8 Å². The third-order valence-corrected chi connectivity index (χ3v) is 13.7. The van der Waals surface area contributed by atoms with Crippen LogP contribution in [0.2, 0.25) is 0 Å². The van der Waals surface area contributed by atoms with Crippen LogP contribution in [0.1, 0.15) is 53.4 Å². The van der Waals surface area contributed by atoms with Crippen molar-refractivity contribution in [1.29, 1.82) is 0 Å². The Hall–Kier alpha value is -2.86. The third kappa shape index (κ3) is 2.86. The molecule has 0 aromatic heterocycles. The lowest BCUT2D eigenvalue weighted by Crippen LogP contribution is -2.66. The summed E-state index contributed by atoms with van der Waals surface area (Å²) in [5.41, 5.74) is -3.06. The number of fused-ring (bicyclic) bond motifs is 7. The van der Waals surface area contributed by atoms with E-state index in [-0.39, 0.29) is 71.2 Å². The molecule has 11 heteroatoms. The molecule has 1 aliphatic heterocycles. The molecule has 11 nitrogen and oxygen atoms in total. The fourth-order valence-electron chi connectivity index (χ4n) is 11.9. The highest BCUT2D eigenvalue weighted by atomic mass is 17.1. The predicted octanol–water partition coefficient (Wildman–Crippen LogP) is 2.06. The SMILES string of the molecule is COC(=O)/C(C)=C1\C(=O)[C@H](O)[C@]2(C)C3=C1[C@]14OC(=O)C(CO)=C1C[C@H]1[C@H](COC(C)=O)[C@H]5C[C@H]5[C@]1(C)[C@@H]4C[C@]3(OO)[C@H]1C[C@H]12. The van der Waals surface area contributed by atoms with Crippen molar-refractivity contribution in [1.82, 2.24) is 0 Å². The van der Waals surface area contributed by atoms with Crippen LogP contribution in [0, 0.1) is 52.3 Å². The molecule has 0 amide bonds. The topological polar surface area (TPSA) is 166 Å². The highest BCUT2D eigenvalue weighted by Gasteiger charge is 2.85. The maximum atomic E-state index is 14.4. The number of ketones is 1. The molecule has 5 fully saturated rings. The maximum absolute atomic E-state index is 14.4. The van der Waals surface area contributed by atoms with E-state index in [0.717, 1.165) is 6.42 Å². The Morgan fingerprint density at radius 2 is 1.80 bits per heavy atom. The highest BCUT2D eigenvalue weighted by molar-refractivity contribution is 6.12. The summed E-state index contributed by atoms with van der Waals surface area (Å²) in [4.78, 5) is 58.7. The van der Waals surface area contributed by atoms with Crippen molar-refractivity contribution >= 4 is 23.7 Å². The molecule has 236 valence electrons. The molecule has 0 saturated heterocycles. The van der Waals surface area contributed by atoms with Crippen LogP contribution in [-0.2, 0) is 38.3 Å². The Morgan fingerprint density at radius 3 is 2.43 bits per heavy atom. The van der Waals surface area contributed by atoms with Crippen LogP contribution in [-0.4, -0.2) is 76.8 Å². The van der Waals surface area contributed by atoms with Crippen LogP contribution >= 0.6 is 0 Å². The van der Waals surface area contributed by atoms with Gasteiger partial charge in [-0.05, 0) is 84.7 Å². The molecule has 12 atom stereocenters. The van der Waals surface area contributed by atoms with E-state index in [1.807, 2.05) is 0 Å². The van der Waals surface area contributed by atoms with Gasteiger partial charge in [0, 0.05) is 35.0 Å². The van der Waals surface area contributed by atoms with Crippen molar-refractivity contribution < 1.29 is 53.7 Å². The summed E-state index contributed by atoms with van der Waals surface area (Å²) in [6, 6.07) is 0. The second kappa shape index (κ2) is 8.48. The van der Waals surface area contributed by atoms with Gasteiger partial charge < -0.3 is 24.4 Å². The first-order valence-electron chi connectivity index (χ1n) is 15.6. The summed E-state index contributed by atoms with van der Waals surface area (Å²) in [5.74, 6) is -2.91. The maximum Gasteiger partial charge on any atom is 0.337 e. The molecule has 8 aliphatic rings. The van der Waals surface area contributed by atoms with E-state index in [1.54, 1.807) is 6.92 Å². The van der Waals surface area contributed by atoms with Crippen LogP contribution in [0.3, 0.4) is 0 Å². The number of hydrogen-bond acceptors (Lipinski definition) is 11. The lowest BCUT2D eigenvalue weighted by molar-refractivity contribution is -0.329. The van der Waals surface area contributed by atoms with Gasteiger partial charge in [0.1, 0.15) is 11.7 Å². The fourth-order valence-corrected chi connectivity index (χ4v) is 11.9. The summed E-state index contributed by atoms with van der Waals surface area (Å²) in [5, 5.41) is 33.2. The third-order valence-electron chi connectivity index (χ3n) is 13.7. The van der Waals surface area contributed by atoms with Crippen LogP contribution in [0.25, 0.3) is 0 Å². The quantitative estimate of drug-likeness (QED) is 0.137. The summed E-state index contributed by atoms with van der Waals surface area (Å²) in [6.45, 7) is 6.48. The lowest BCUT2D eigenvalue weighted by Gasteiger charge is -2.63. The molecule has 1 heterocycles. The fraction of sp³-hybridized carbons (Fsp3) is 0.697. The molecule has 0 aromatic rings. The predicted molar refractivity (Wildman–Crippen MR) is 148 cm³/mol. The van der Waals surface area contributed by atoms with Crippen molar-refractivity contribution in [3.63, 3.8) is 0 Å². The number of hydrogen-bond donors (Lipinski definition) is 3. The molecule has 5 saturated carbocycles. The van der Waals surface area contributed by atoms with Gasteiger partial charge in [-0.2, -0.15) is 0 Å². The van der Waals surface area contributed by atoms with Gasteiger partial charge in [-0.15, -0.1) is 0 Å². The van der Waals surface area contributed by atoms with Crippen LogP contribution < -0.4 is 0 Å². The van der Waals surface area contributed by atoms with Gasteiger partial charge in [0.25, 0.3) is 0 Å². The van der Waals surface area contributed by atoms with E-state index < -0.39 is 58.4 Å². The minimum absolute atomic E-state index is 0.0144. The Balaban J connectivity index is 1.46. The van der Waals surface area contributed by atoms with Gasteiger partial charge in [0.2, 0.25) is 0 Å². The normalized spacial score (nSPS) is 49.7. The van der Waals surface area contributed by atoms with Crippen LogP contribution in [0.5, 0.6) is 0 Å². The molecule has 0 radical (unpaired) electrons. The molecular formula is C33H38O11. The zero-order chi connectivity index (χ0) is 31.5. The van der Waals surface area contributed by atoms with E-state index in [2.05, 4.69) is 6.92 Å². The smallest absolute Gasteiger partial charge is 0.337 e. The molecule has 3 N–H and O–H groups in total. The van der Waals surface area contributed by atoms with Gasteiger partial charge in [-0.1, -0.05) is 13.8 Å². The van der Waals surface area contributed by atoms with E-state index in [4.69, 9.17) is 19.1 Å². The average molecular weight is 611 g/mol. The number of aliphatic hydroxyl groups excluding tert-OH is 2. The first-order chi connectivity index (χ1) is 20.8. The Morgan fingerprint density at radius 1 is 1.07 bits per heavy atom. The largest absolute Gasteiger partial charge is 0.466 e. The molecule has 7 aliphatic carbocycles. The van der Waals surface area contributed by atoms with Crippen molar-refractivity contribution in [2.24, 2.45) is 52.3 Å². The van der Waals surface area contributed by atoms with E-state index in [0.29, 0.717) is 29.6 Å². The number of esters is 3. The summed E-state index contributed by atoms with van der Waals surface area (Å²) in [6.07, 6.45) is 0.643. The van der Waals surface area contributed by atoms with Gasteiger partial charge in [0.15, 0.2) is 11.4 Å².